The number of hydrogen-bond donors (Lipinski definition) is 1. The predicted octanol–water partition coefficient (Wildman–Crippen LogP) is 2.03. The molecule has 0 aliphatic heterocycles. The summed E-state index contributed by atoms with van der Waals surface area (Å²) in [5, 5.41) is 9.04. The summed E-state index contributed by atoms with van der Waals surface area (Å²) >= 11 is 0. The number of hydrogen-bond acceptors (Lipinski definition) is 2. The minimum Gasteiger partial charge on any atom is -0.382 e. The topological polar surface area (TPSA) is 23.5 Å². The van der Waals surface area contributed by atoms with Gasteiger partial charge in [-0.25, -0.2) is 0 Å². The smallest absolute Gasteiger partial charge is 0.382 e. The van der Waals surface area contributed by atoms with Crippen LogP contribution in [-0.2, 0) is 16.8 Å². The van der Waals surface area contributed by atoms with Crippen molar-refractivity contribution in [3.63, 3.8) is 0 Å². The summed E-state index contributed by atoms with van der Waals surface area (Å²) < 4.78 is 36.5. The molecule has 1 N–H and O–H groups in total. The van der Waals surface area contributed by atoms with Crippen LogP contribution in [0.25, 0.3) is 0 Å². The van der Waals surface area contributed by atoms with E-state index < -0.39 is 18.3 Å². The standard InChI is InChI=1S/C9H18F3NO.Co/c1-5-13(6(2)3)7(4)8(14)9(10,11)12;/h6-8,14H,5H2,1-4H3;. The molecule has 0 bridgehead atoms. The fourth-order valence-corrected chi connectivity index (χ4v) is 1.58. The summed E-state index contributed by atoms with van der Waals surface area (Å²) in [6.45, 7) is 7.28. The van der Waals surface area contributed by atoms with E-state index in [4.69, 9.17) is 5.11 Å². The fourth-order valence-electron chi connectivity index (χ4n) is 1.58. The van der Waals surface area contributed by atoms with Gasteiger partial charge in [0.05, 0.1) is 0 Å². The number of nitrogens with zero attached hydrogens (tertiary/aromatic N) is 1. The van der Waals surface area contributed by atoms with Crippen molar-refractivity contribution >= 4 is 0 Å². The number of aliphatic hydroxyl groups is 1. The van der Waals surface area contributed by atoms with Gasteiger partial charge in [0.1, 0.15) is 0 Å². The molecule has 15 heavy (non-hydrogen) atoms. The van der Waals surface area contributed by atoms with E-state index in [9.17, 15) is 13.2 Å². The number of aliphatic hydroxyl groups excluding tert-OH is 1. The van der Waals surface area contributed by atoms with E-state index in [0.717, 1.165) is 0 Å². The second-order valence-electron chi connectivity index (χ2n) is 3.65. The Hall–Kier alpha value is 0.216. The van der Waals surface area contributed by atoms with E-state index in [1.807, 2.05) is 13.8 Å². The number of halogens is 3. The van der Waals surface area contributed by atoms with Crippen LogP contribution < -0.4 is 0 Å². The van der Waals surface area contributed by atoms with Crippen molar-refractivity contribution in [2.75, 3.05) is 6.54 Å². The minimum atomic E-state index is -4.54. The first-order valence-electron chi connectivity index (χ1n) is 4.72. The molecule has 0 aromatic heterocycles. The molecule has 0 aliphatic carbocycles. The normalized spacial score (nSPS) is 16.4. The van der Waals surface area contributed by atoms with Crippen LogP contribution in [0.3, 0.4) is 0 Å². The van der Waals surface area contributed by atoms with Crippen LogP contribution in [0.15, 0.2) is 0 Å². The van der Waals surface area contributed by atoms with Crippen molar-refractivity contribution < 1.29 is 35.1 Å². The molecule has 0 rings (SSSR count). The van der Waals surface area contributed by atoms with Gasteiger partial charge in [-0.05, 0) is 27.3 Å². The summed E-state index contributed by atoms with van der Waals surface area (Å²) in [5.74, 6) is 0. The zero-order valence-electron chi connectivity index (χ0n) is 9.30. The molecule has 2 nitrogen and oxygen atoms in total. The minimum absolute atomic E-state index is 0. The van der Waals surface area contributed by atoms with Crippen molar-refractivity contribution in [2.45, 2.75) is 52.1 Å². The number of likely N-dealkylation sites (N-methyl/N-ethyl adjacent to an activating group) is 1. The Kier molecular flexibility index (Phi) is 7.89. The molecule has 0 fully saturated rings. The molecule has 95 valence electrons. The van der Waals surface area contributed by atoms with Crippen LogP contribution in [0.2, 0.25) is 0 Å². The van der Waals surface area contributed by atoms with Crippen LogP contribution in [-0.4, -0.2) is 40.9 Å². The molecule has 0 aromatic carbocycles. The molecular weight excluding hydrogens is 254 g/mol. The van der Waals surface area contributed by atoms with E-state index in [0.29, 0.717) is 6.54 Å². The molecule has 0 saturated heterocycles. The van der Waals surface area contributed by atoms with Gasteiger partial charge in [0, 0.05) is 28.9 Å². The third kappa shape index (κ3) is 5.19. The van der Waals surface area contributed by atoms with Crippen molar-refractivity contribution in [1.82, 2.24) is 4.90 Å². The van der Waals surface area contributed by atoms with Gasteiger partial charge in [0.15, 0.2) is 6.10 Å². The van der Waals surface area contributed by atoms with Crippen molar-refractivity contribution in [1.29, 1.82) is 0 Å². The van der Waals surface area contributed by atoms with Gasteiger partial charge in [0.25, 0.3) is 0 Å². The first-order chi connectivity index (χ1) is 6.21. The van der Waals surface area contributed by atoms with Crippen molar-refractivity contribution in [3.05, 3.63) is 0 Å². The van der Waals surface area contributed by atoms with E-state index in [2.05, 4.69) is 0 Å². The van der Waals surface area contributed by atoms with E-state index in [1.54, 1.807) is 11.8 Å². The molecule has 1 radical (unpaired) electrons. The second-order valence-corrected chi connectivity index (χ2v) is 3.65. The molecule has 6 heteroatoms. The second kappa shape index (κ2) is 6.72. The summed E-state index contributed by atoms with van der Waals surface area (Å²) in [5.41, 5.74) is 0. The number of alkyl halides is 3. The third-order valence-corrected chi connectivity index (χ3v) is 2.34. The predicted molar refractivity (Wildman–Crippen MR) is 49.0 cm³/mol. The monoisotopic (exact) mass is 272 g/mol. The molecule has 2 atom stereocenters. The Labute approximate surface area is 99.0 Å². The molecule has 0 spiro atoms. The molecule has 0 saturated carbocycles. The van der Waals surface area contributed by atoms with Gasteiger partial charge in [-0.3, -0.25) is 4.90 Å². The van der Waals surface area contributed by atoms with Gasteiger partial charge in [-0.15, -0.1) is 0 Å². The maximum absolute atomic E-state index is 12.2. The first kappa shape index (κ1) is 17.6. The van der Waals surface area contributed by atoms with Crippen LogP contribution in [0.5, 0.6) is 0 Å². The molecule has 0 heterocycles. The van der Waals surface area contributed by atoms with Gasteiger partial charge in [-0.2, -0.15) is 13.2 Å². The van der Waals surface area contributed by atoms with Crippen molar-refractivity contribution in [3.8, 4) is 0 Å². The van der Waals surface area contributed by atoms with Crippen LogP contribution in [0.1, 0.15) is 27.7 Å². The van der Waals surface area contributed by atoms with Crippen LogP contribution in [0.4, 0.5) is 13.2 Å². The molecule has 0 aliphatic rings. The van der Waals surface area contributed by atoms with Gasteiger partial charge < -0.3 is 5.11 Å². The Morgan fingerprint density at radius 1 is 1.20 bits per heavy atom. The van der Waals surface area contributed by atoms with Crippen molar-refractivity contribution in [2.24, 2.45) is 0 Å². The van der Waals surface area contributed by atoms with E-state index in [-0.39, 0.29) is 22.8 Å². The summed E-state index contributed by atoms with van der Waals surface area (Å²) in [6, 6.07) is -0.910. The quantitative estimate of drug-likeness (QED) is 0.846. The molecule has 0 amide bonds. The summed E-state index contributed by atoms with van der Waals surface area (Å²) in [7, 11) is 0. The van der Waals surface area contributed by atoms with Gasteiger partial charge in [0.2, 0.25) is 0 Å². The Morgan fingerprint density at radius 2 is 1.60 bits per heavy atom. The third-order valence-electron chi connectivity index (χ3n) is 2.34. The molecule has 0 aromatic rings. The largest absolute Gasteiger partial charge is 0.415 e. The van der Waals surface area contributed by atoms with E-state index in [1.165, 1.54) is 6.92 Å². The summed E-state index contributed by atoms with van der Waals surface area (Å²) in [4.78, 5) is 1.61. The maximum atomic E-state index is 12.2. The Morgan fingerprint density at radius 3 is 1.80 bits per heavy atom. The van der Waals surface area contributed by atoms with Crippen LogP contribution in [0, 0.1) is 0 Å². The zero-order valence-corrected chi connectivity index (χ0v) is 10.3. The molecular formula is C9H18CoF3NO. The van der Waals surface area contributed by atoms with Crippen LogP contribution >= 0.6 is 0 Å². The average molecular weight is 272 g/mol. The van der Waals surface area contributed by atoms with Gasteiger partial charge in [-0.1, -0.05) is 6.92 Å². The summed E-state index contributed by atoms with van der Waals surface area (Å²) in [6.07, 6.45) is -6.81. The Balaban J connectivity index is 0. The van der Waals surface area contributed by atoms with Gasteiger partial charge >= 0.3 is 6.18 Å². The molecule has 2 unspecified atom stereocenters. The first-order valence-corrected chi connectivity index (χ1v) is 4.72. The SMILES string of the molecule is CCN(C(C)C)C(C)C(O)C(F)(F)F.[Co]. The maximum Gasteiger partial charge on any atom is 0.415 e. The average Bonchev–Trinajstić information content (AvgIpc) is 2.01. The van der Waals surface area contributed by atoms with E-state index >= 15 is 0 Å². The zero-order chi connectivity index (χ0) is 11.5. The Bertz CT molecular complexity index is 173. The fraction of sp³-hybridized carbons (Fsp3) is 1.00. The number of rotatable bonds is 4.